The Balaban J connectivity index is 2.04. The summed E-state index contributed by atoms with van der Waals surface area (Å²) in [7, 11) is 1.74. The van der Waals surface area contributed by atoms with E-state index in [1.165, 1.54) is 0 Å². The number of nitrogens with one attached hydrogen (secondary N) is 1. The van der Waals surface area contributed by atoms with Crippen LogP contribution in [-0.2, 0) is 13.1 Å². The summed E-state index contributed by atoms with van der Waals surface area (Å²) < 4.78 is 5.57. The van der Waals surface area contributed by atoms with Crippen LogP contribution in [0.4, 0.5) is 4.79 Å². The maximum absolute atomic E-state index is 12.3. The zero-order chi connectivity index (χ0) is 16.4. The molecule has 1 aromatic rings. The molecule has 1 aliphatic rings. The molecule has 0 aromatic carbocycles. The van der Waals surface area contributed by atoms with Crippen molar-refractivity contribution >= 4 is 11.9 Å². The monoisotopic (exact) mass is 308 g/mol. The second kappa shape index (κ2) is 6.37. The molecule has 0 fully saturated rings. The average Bonchev–Trinajstić information content (AvgIpc) is 3.02. The SMILES string of the molecule is CC[C@@H](C)N(C)C(=O)c1nc2c(o1)CN(C(=O)NC(C)C)C2. The number of aromatic nitrogens is 1. The lowest BCUT2D eigenvalue weighted by atomic mass is 10.2. The van der Waals surface area contributed by atoms with Gasteiger partial charge in [-0.2, -0.15) is 0 Å². The highest BCUT2D eigenvalue weighted by molar-refractivity contribution is 5.89. The molecular weight excluding hydrogens is 284 g/mol. The third kappa shape index (κ3) is 3.23. The number of fused-ring (bicyclic) bond motifs is 1. The first-order valence-electron chi connectivity index (χ1n) is 7.64. The Bertz CT molecular complexity index is 544. The zero-order valence-corrected chi connectivity index (χ0v) is 13.8. The molecule has 3 amide bonds. The van der Waals surface area contributed by atoms with Crippen molar-refractivity contribution in [2.45, 2.75) is 59.3 Å². The van der Waals surface area contributed by atoms with Gasteiger partial charge in [-0.25, -0.2) is 9.78 Å². The molecular formula is C15H24N4O3. The highest BCUT2D eigenvalue weighted by Crippen LogP contribution is 2.24. The molecule has 2 heterocycles. The molecule has 0 aliphatic carbocycles. The minimum atomic E-state index is -0.220. The van der Waals surface area contributed by atoms with E-state index in [1.54, 1.807) is 16.8 Å². The summed E-state index contributed by atoms with van der Waals surface area (Å²) in [6.07, 6.45) is 0.867. The van der Waals surface area contributed by atoms with Crippen LogP contribution in [0.1, 0.15) is 56.3 Å². The van der Waals surface area contributed by atoms with Gasteiger partial charge in [0, 0.05) is 19.1 Å². The fraction of sp³-hybridized carbons (Fsp3) is 0.667. The van der Waals surface area contributed by atoms with E-state index in [0.29, 0.717) is 24.5 Å². The number of oxazole rings is 1. The topological polar surface area (TPSA) is 78.7 Å². The first kappa shape index (κ1) is 16.3. The number of carbonyl (C=O) groups excluding carboxylic acids is 2. The van der Waals surface area contributed by atoms with Crippen molar-refractivity contribution < 1.29 is 14.0 Å². The van der Waals surface area contributed by atoms with Gasteiger partial charge in [0.05, 0.1) is 13.1 Å². The molecule has 7 heteroatoms. The molecule has 0 saturated heterocycles. The highest BCUT2D eigenvalue weighted by atomic mass is 16.4. The van der Waals surface area contributed by atoms with Gasteiger partial charge in [-0.1, -0.05) is 6.92 Å². The molecule has 0 unspecified atom stereocenters. The van der Waals surface area contributed by atoms with Gasteiger partial charge < -0.3 is 19.5 Å². The largest absolute Gasteiger partial charge is 0.435 e. The lowest BCUT2D eigenvalue weighted by molar-refractivity contribution is 0.0696. The molecule has 1 aromatic heterocycles. The number of hydrogen-bond acceptors (Lipinski definition) is 4. The normalized spacial score (nSPS) is 14.9. The van der Waals surface area contributed by atoms with Crippen molar-refractivity contribution in [1.82, 2.24) is 20.1 Å². The van der Waals surface area contributed by atoms with Gasteiger partial charge in [0.1, 0.15) is 11.5 Å². The molecule has 1 atom stereocenters. The van der Waals surface area contributed by atoms with Crippen molar-refractivity contribution in [3.05, 3.63) is 17.3 Å². The first-order valence-corrected chi connectivity index (χ1v) is 7.64. The minimum Gasteiger partial charge on any atom is -0.435 e. The summed E-state index contributed by atoms with van der Waals surface area (Å²) in [6.45, 7) is 8.54. The number of urea groups is 1. The number of rotatable bonds is 4. The van der Waals surface area contributed by atoms with Crippen LogP contribution in [0.5, 0.6) is 0 Å². The van der Waals surface area contributed by atoms with Crippen LogP contribution >= 0.6 is 0 Å². The molecule has 1 N–H and O–H groups in total. The van der Waals surface area contributed by atoms with Gasteiger partial charge in [-0.3, -0.25) is 4.79 Å². The summed E-state index contributed by atoms with van der Waals surface area (Å²) in [5, 5.41) is 2.83. The predicted octanol–water partition coefficient (Wildman–Crippen LogP) is 1.98. The number of amides is 3. The van der Waals surface area contributed by atoms with E-state index < -0.39 is 0 Å². The van der Waals surface area contributed by atoms with Crippen LogP contribution < -0.4 is 5.32 Å². The van der Waals surface area contributed by atoms with Crippen molar-refractivity contribution in [2.24, 2.45) is 0 Å². The molecule has 0 bridgehead atoms. The highest BCUT2D eigenvalue weighted by Gasteiger charge is 2.31. The van der Waals surface area contributed by atoms with E-state index in [1.807, 2.05) is 27.7 Å². The van der Waals surface area contributed by atoms with E-state index in [0.717, 1.165) is 6.42 Å². The van der Waals surface area contributed by atoms with Crippen molar-refractivity contribution in [1.29, 1.82) is 0 Å². The van der Waals surface area contributed by atoms with Crippen LogP contribution in [0.2, 0.25) is 0 Å². The van der Waals surface area contributed by atoms with Gasteiger partial charge in [-0.05, 0) is 27.2 Å². The van der Waals surface area contributed by atoms with Crippen LogP contribution in [0, 0.1) is 0 Å². The van der Waals surface area contributed by atoms with Crippen LogP contribution in [0.25, 0.3) is 0 Å². The fourth-order valence-electron chi connectivity index (χ4n) is 2.24. The Hall–Kier alpha value is -2.05. The van der Waals surface area contributed by atoms with Gasteiger partial charge in [0.15, 0.2) is 0 Å². The summed E-state index contributed by atoms with van der Waals surface area (Å²) in [5.41, 5.74) is 0.666. The van der Waals surface area contributed by atoms with Gasteiger partial charge in [0.25, 0.3) is 5.89 Å². The van der Waals surface area contributed by atoms with E-state index in [4.69, 9.17) is 4.42 Å². The van der Waals surface area contributed by atoms with Gasteiger partial charge in [-0.15, -0.1) is 0 Å². The zero-order valence-electron chi connectivity index (χ0n) is 13.8. The van der Waals surface area contributed by atoms with E-state index in [-0.39, 0.29) is 29.9 Å². The van der Waals surface area contributed by atoms with Gasteiger partial charge in [0.2, 0.25) is 0 Å². The van der Waals surface area contributed by atoms with Crippen LogP contribution in [0.15, 0.2) is 4.42 Å². The van der Waals surface area contributed by atoms with Crippen LogP contribution in [0.3, 0.4) is 0 Å². The van der Waals surface area contributed by atoms with Gasteiger partial charge >= 0.3 is 11.9 Å². The Morgan fingerprint density at radius 2 is 2.05 bits per heavy atom. The number of hydrogen-bond donors (Lipinski definition) is 1. The van der Waals surface area contributed by atoms with Crippen molar-refractivity contribution in [2.75, 3.05) is 7.05 Å². The Labute approximate surface area is 130 Å². The van der Waals surface area contributed by atoms with E-state index >= 15 is 0 Å². The lowest BCUT2D eigenvalue weighted by Gasteiger charge is -2.22. The lowest BCUT2D eigenvalue weighted by Crippen LogP contribution is -2.40. The third-order valence-electron chi connectivity index (χ3n) is 3.91. The summed E-state index contributed by atoms with van der Waals surface area (Å²) in [5.74, 6) is 0.485. The number of nitrogens with zero attached hydrogens (tertiary/aromatic N) is 3. The summed E-state index contributed by atoms with van der Waals surface area (Å²) >= 11 is 0. The molecule has 7 nitrogen and oxygen atoms in total. The molecule has 122 valence electrons. The second-order valence-corrected chi connectivity index (χ2v) is 6.02. The molecule has 0 radical (unpaired) electrons. The molecule has 22 heavy (non-hydrogen) atoms. The Kier molecular flexibility index (Phi) is 4.73. The third-order valence-corrected chi connectivity index (χ3v) is 3.91. The molecule has 0 saturated carbocycles. The Morgan fingerprint density at radius 3 is 2.59 bits per heavy atom. The van der Waals surface area contributed by atoms with Crippen molar-refractivity contribution in [3.63, 3.8) is 0 Å². The average molecular weight is 308 g/mol. The maximum Gasteiger partial charge on any atom is 0.318 e. The van der Waals surface area contributed by atoms with Crippen LogP contribution in [-0.4, -0.2) is 45.9 Å². The first-order chi connectivity index (χ1) is 10.3. The number of carbonyl (C=O) groups is 2. The summed E-state index contributed by atoms with van der Waals surface area (Å²) in [4.78, 5) is 31.7. The fourth-order valence-corrected chi connectivity index (χ4v) is 2.24. The molecule has 1 aliphatic heterocycles. The summed E-state index contributed by atoms with van der Waals surface area (Å²) in [6, 6.07) is 0.0593. The Morgan fingerprint density at radius 1 is 1.36 bits per heavy atom. The smallest absolute Gasteiger partial charge is 0.318 e. The van der Waals surface area contributed by atoms with E-state index in [2.05, 4.69) is 10.3 Å². The quantitative estimate of drug-likeness (QED) is 0.922. The molecule has 0 spiro atoms. The van der Waals surface area contributed by atoms with Crippen molar-refractivity contribution in [3.8, 4) is 0 Å². The minimum absolute atomic E-state index is 0.0775. The maximum atomic E-state index is 12.3. The second-order valence-electron chi connectivity index (χ2n) is 6.02. The predicted molar refractivity (Wildman–Crippen MR) is 81.3 cm³/mol. The van der Waals surface area contributed by atoms with E-state index in [9.17, 15) is 9.59 Å². The standard InChI is InChI=1S/C15H24N4O3/c1-6-10(4)18(5)14(20)13-17-11-7-19(8-12(11)22-13)15(21)16-9(2)3/h9-10H,6-8H2,1-5H3,(H,16,21)/t10-/m1/s1. The molecule has 2 rings (SSSR count).